The molecule has 26 heavy (non-hydrogen) atoms. The number of aliphatic hydroxyl groups excluding tert-OH is 1. The summed E-state index contributed by atoms with van der Waals surface area (Å²) >= 11 is 0. The number of carbonyl (C=O) groups excluding carboxylic acids is 2. The summed E-state index contributed by atoms with van der Waals surface area (Å²) in [5.74, 6) is 1.38. The van der Waals surface area contributed by atoms with Crippen molar-refractivity contribution in [3.05, 3.63) is 23.2 Å². The fourth-order valence-corrected chi connectivity index (χ4v) is 7.37. The van der Waals surface area contributed by atoms with Crippen molar-refractivity contribution in [3.8, 4) is 0 Å². The summed E-state index contributed by atoms with van der Waals surface area (Å²) in [5, 5.41) is 9.67. The van der Waals surface area contributed by atoms with E-state index in [1.165, 1.54) is 5.57 Å². The van der Waals surface area contributed by atoms with E-state index >= 15 is 0 Å². The molecule has 4 aliphatic carbocycles. The fourth-order valence-electron chi connectivity index (χ4n) is 7.37. The second-order valence-corrected chi connectivity index (χ2v) is 9.66. The van der Waals surface area contributed by atoms with Crippen LogP contribution in [0.1, 0.15) is 58.8 Å². The van der Waals surface area contributed by atoms with Gasteiger partial charge < -0.3 is 5.11 Å². The molecule has 0 bridgehead atoms. The molecule has 0 radical (unpaired) electrons. The average molecular weight is 355 g/mol. The fraction of sp³-hybridized carbons (Fsp3) is 0.773. The Bertz CT molecular complexity index is 719. The van der Waals surface area contributed by atoms with E-state index in [-0.39, 0.29) is 41.0 Å². The van der Waals surface area contributed by atoms with Crippen LogP contribution < -0.4 is 0 Å². The number of Topliss-reactive ketones (excluding diaryl/α,β-unsaturated/α-hetero) is 2. The van der Waals surface area contributed by atoms with Crippen LogP contribution in [0.4, 0.5) is 0 Å². The van der Waals surface area contributed by atoms with Crippen LogP contribution in [0.2, 0.25) is 0 Å². The van der Waals surface area contributed by atoms with Crippen molar-refractivity contribution in [2.45, 2.75) is 58.8 Å². The van der Waals surface area contributed by atoms with Gasteiger partial charge in [0.15, 0.2) is 6.20 Å². The van der Waals surface area contributed by atoms with Gasteiger partial charge in [-0.15, -0.1) is 0 Å². The highest BCUT2D eigenvalue weighted by Gasteiger charge is 2.62. The third kappa shape index (κ3) is 2.29. The monoisotopic (exact) mass is 355 g/mol. The first kappa shape index (κ1) is 17.9. The maximum Gasteiger partial charge on any atom is 0.154 e. The summed E-state index contributed by atoms with van der Waals surface area (Å²) in [7, 11) is 0. The van der Waals surface area contributed by atoms with Crippen LogP contribution >= 0.6 is 0 Å². The Labute approximate surface area is 155 Å². The largest absolute Gasteiger partial charge is 0.396 e. The predicted molar refractivity (Wildman–Crippen MR) is 97.8 cm³/mol. The van der Waals surface area contributed by atoms with Gasteiger partial charge >= 0.3 is 0 Å². The zero-order valence-corrected chi connectivity index (χ0v) is 15.8. The zero-order valence-electron chi connectivity index (χ0n) is 15.8. The molecule has 0 aromatic carbocycles. The minimum Gasteiger partial charge on any atom is -0.396 e. The molecule has 0 unspecified atom stereocenters. The molecule has 140 valence electrons. The number of aliphatic hydroxyl groups is 1. The van der Waals surface area contributed by atoms with E-state index in [0.717, 1.165) is 25.7 Å². The molecule has 4 saturated carbocycles. The third-order valence-corrected chi connectivity index (χ3v) is 8.63. The highest BCUT2D eigenvalue weighted by molar-refractivity contribution is 5.87. The molecule has 0 spiro atoms. The summed E-state index contributed by atoms with van der Waals surface area (Å²) < 4.78 is 0. The molecule has 0 heterocycles. The lowest BCUT2D eigenvalue weighted by Gasteiger charge is -2.59. The minimum absolute atomic E-state index is 0.0220. The summed E-state index contributed by atoms with van der Waals surface area (Å²) in [6.07, 6.45) is 7.47. The van der Waals surface area contributed by atoms with E-state index in [4.69, 9.17) is 6.57 Å². The van der Waals surface area contributed by atoms with Crippen molar-refractivity contribution >= 4 is 11.6 Å². The predicted octanol–water partition coefficient (Wildman–Crippen LogP) is 3.80. The topological polar surface area (TPSA) is 58.7 Å². The summed E-state index contributed by atoms with van der Waals surface area (Å²) in [6, 6.07) is 0. The molecule has 0 saturated heterocycles. The molecule has 4 nitrogen and oxygen atoms in total. The number of ketones is 2. The average Bonchev–Trinajstić information content (AvgIpc) is 2.91. The molecule has 7 atom stereocenters. The number of rotatable bonds is 1. The van der Waals surface area contributed by atoms with Crippen LogP contribution in [0, 0.1) is 47.0 Å². The highest BCUT2D eigenvalue weighted by atomic mass is 16.3. The standard InChI is InChI=1S/C22H29NO3/c1-21-10-19(26)20-16(17(21)7-5-15(21)11-23-3)6-4-14-8-18(25)13(12-24)9-22(14,20)2/h11,13-14,16-17,20,24H,4-10,12H2,1-2H3/b15-11-/t13-,14+,16+,17+,20-,21-,22+/m1/s1. The Morgan fingerprint density at radius 3 is 2.69 bits per heavy atom. The molecule has 1 N–H and O–H groups in total. The van der Waals surface area contributed by atoms with E-state index in [9.17, 15) is 14.7 Å². The maximum atomic E-state index is 13.4. The number of allylic oxidation sites excluding steroid dienone is 1. The smallest absolute Gasteiger partial charge is 0.154 e. The molecule has 4 fully saturated rings. The number of hydrogen-bond donors (Lipinski definition) is 1. The van der Waals surface area contributed by atoms with Crippen molar-refractivity contribution in [2.24, 2.45) is 40.4 Å². The molecule has 4 aliphatic rings. The Balaban J connectivity index is 1.71. The number of carbonyl (C=O) groups is 2. The van der Waals surface area contributed by atoms with Crippen molar-refractivity contribution in [3.63, 3.8) is 0 Å². The SMILES string of the molecule is [C-]#[N+]/C=C1/CC[C@H]2[C@@H]3CC[C@H]4CC(=O)[C@@H](CO)C[C@]4(C)[C@H]3C(=O)C[C@]12C. The first-order chi connectivity index (χ1) is 12.3. The number of hydrogen-bond acceptors (Lipinski definition) is 3. The van der Waals surface area contributed by atoms with E-state index in [0.29, 0.717) is 36.9 Å². The normalized spacial score (nSPS) is 49.3. The van der Waals surface area contributed by atoms with Gasteiger partial charge in [0, 0.05) is 24.7 Å². The van der Waals surface area contributed by atoms with Gasteiger partial charge in [-0.25, -0.2) is 4.85 Å². The highest BCUT2D eigenvalue weighted by Crippen LogP contribution is 2.66. The van der Waals surface area contributed by atoms with Crippen molar-refractivity contribution in [1.82, 2.24) is 0 Å². The molecular weight excluding hydrogens is 326 g/mol. The zero-order chi connectivity index (χ0) is 18.7. The van der Waals surface area contributed by atoms with Gasteiger partial charge in [-0.3, -0.25) is 9.59 Å². The van der Waals surface area contributed by atoms with Gasteiger partial charge in [0.2, 0.25) is 0 Å². The first-order valence-corrected chi connectivity index (χ1v) is 10.1. The second-order valence-electron chi connectivity index (χ2n) is 9.66. The van der Waals surface area contributed by atoms with Crippen molar-refractivity contribution < 1.29 is 14.7 Å². The van der Waals surface area contributed by atoms with Crippen LogP contribution in [0.3, 0.4) is 0 Å². The first-order valence-electron chi connectivity index (χ1n) is 10.1. The van der Waals surface area contributed by atoms with Crippen molar-refractivity contribution in [2.75, 3.05) is 6.61 Å². The molecule has 0 amide bonds. The van der Waals surface area contributed by atoms with Crippen LogP contribution in [0.25, 0.3) is 4.85 Å². The Kier molecular flexibility index (Phi) is 4.15. The summed E-state index contributed by atoms with van der Waals surface area (Å²) in [6.45, 7) is 11.5. The van der Waals surface area contributed by atoms with Gasteiger partial charge in [-0.1, -0.05) is 19.4 Å². The number of nitrogens with zero attached hydrogens (tertiary/aromatic N) is 1. The number of fused-ring (bicyclic) bond motifs is 5. The van der Waals surface area contributed by atoms with Gasteiger partial charge in [0.1, 0.15) is 11.6 Å². The molecule has 4 rings (SSSR count). The van der Waals surface area contributed by atoms with Gasteiger partial charge in [-0.05, 0) is 60.7 Å². The van der Waals surface area contributed by atoms with Gasteiger partial charge in [-0.2, -0.15) is 0 Å². The Morgan fingerprint density at radius 1 is 1.23 bits per heavy atom. The molecule has 0 aliphatic heterocycles. The van der Waals surface area contributed by atoms with Crippen LogP contribution in [-0.4, -0.2) is 23.3 Å². The van der Waals surface area contributed by atoms with Crippen LogP contribution in [0.5, 0.6) is 0 Å². The van der Waals surface area contributed by atoms with E-state index < -0.39 is 0 Å². The Hall–Kier alpha value is -1.47. The van der Waals surface area contributed by atoms with E-state index in [1.54, 1.807) is 6.20 Å². The van der Waals surface area contributed by atoms with Gasteiger partial charge in [0.05, 0.1) is 13.2 Å². The second kappa shape index (κ2) is 6.02. The van der Waals surface area contributed by atoms with Crippen molar-refractivity contribution in [1.29, 1.82) is 0 Å². The van der Waals surface area contributed by atoms with E-state index in [1.807, 2.05) is 0 Å². The lowest BCUT2D eigenvalue weighted by Crippen LogP contribution is -2.58. The molecule has 0 aromatic heterocycles. The van der Waals surface area contributed by atoms with Crippen LogP contribution in [-0.2, 0) is 9.59 Å². The molecule has 0 aromatic rings. The summed E-state index contributed by atoms with van der Waals surface area (Å²) in [4.78, 5) is 29.2. The minimum atomic E-state index is -0.294. The van der Waals surface area contributed by atoms with Gasteiger partial charge in [0.25, 0.3) is 0 Å². The Morgan fingerprint density at radius 2 is 2.00 bits per heavy atom. The lowest BCUT2D eigenvalue weighted by molar-refractivity contribution is -0.161. The van der Waals surface area contributed by atoms with E-state index in [2.05, 4.69) is 18.7 Å². The molecule has 4 heteroatoms. The van der Waals surface area contributed by atoms with Crippen LogP contribution in [0.15, 0.2) is 11.8 Å². The molecular formula is C22H29NO3. The summed E-state index contributed by atoms with van der Waals surface area (Å²) in [5.41, 5.74) is 0.866. The maximum absolute atomic E-state index is 13.4. The lowest BCUT2D eigenvalue weighted by atomic mass is 9.44. The quantitative estimate of drug-likeness (QED) is 0.728. The third-order valence-electron chi connectivity index (χ3n) is 8.63.